The first-order valence-electron chi connectivity index (χ1n) is 5.68. The van der Waals surface area contributed by atoms with Crippen molar-refractivity contribution in [2.24, 2.45) is 5.92 Å². The van der Waals surface area contributed by atoms with Crippen molar-refractivity contribution < 1.29 is 5.11 Å². The monoisotopic (exact) mass is 268 g/mol. The highest BCUT2D eigenvalue weighted by Crippen LogP contribution is 2.34. The molecule has 0 saturated heterocycles. The quantitative estimate of drug-likeness (QED) is 0.866. The fourth-order valence-corrected chi connectivity index (χ4v) is 2.15. The van der Waals surface area contributed by atoms with Crippen LogP contribution in [-0.2, 0) is 6.42 Å². The SMILES string of the molecule is OC(CCCc1ccc(Br)cc1)C1CC1. The average Bonchev–Trinajstić information content (AvgIpc) is 3.04. The van der Waals surface area contributed by atoms with E-state index in [0.29, 0.717) is 5.92 Å². The second-order valence-electron chi connectivity index (χ2n) is 4.42. The minimum atomic E-state index is -0.0413. The highest BCUT2D eigenvalue weighted by Gasteiger charge is 2.28. The molecule has 0 amide bonds. The number of rotatable bonds is 5. The molecular formula is C13H17BrO. The Hall–Kier alpha value is -0.340. The summed E-state index contributed by atoms with van der Waals surface area (Å²) in [6, 6.07) is 8.44. The van der Waals surface area contributed by atoms with Crippen LogP contribution < -0.4 is 0 Å². The molecule has 0 bridgehead atoms. The van der Waals surface area contributed by atoms with E-state index in [1.54, 1.807) is 0 Å². The van der Waals surface area contributed by atoms with Gasteiger partial charge in [0.1, 0.15) is 0 Å². The topological polar surface area (TPSA) is 20.2 Å². The molecule has 2 rings (SSSR count). The minimum absolute atomic E-state index is 0.0413. The van der Waals surface area contributed by atoms with E-state index in [4.69, 9.17) is 0 Å². The maximum atomic E-state index is 9.70. The number of aryl methyl sites for hydroxylation is 1. The Labute approximate surface area is 99.6 Å². The van der Waals surface area contributed by atoms with Crippen LogP contribution in [0.3, 0.4) is 0 Å². The highest BCUT2D eigenvalue weighted by molar-refractivity contribution is 9.10. The van der Waals surface area contributed by atoms with Gasteiger partial charge in [0, 0.05) is 4.47 Å². The molecule has 1 nitrogen and oxygen atoms in total. The highest BCUT2D eigenvalue weighted by atomic mass is 79.9. The van der Waals surface area contributed by atoms with E-state index in [9.17, 15) is 5.11 Å². The first kappa shape index (κ1) is 11.2. The van der Waals surface area contributed by atoms with Crippen molar-refractivity contribution in [2.75, 3.05) is 0 Å². The summed E-state index contributed by atoms with van der Waals surface area (Å²) in [5.41, 5.74) is 1.36. The molecule has 15 heavy (non-hydrogen) atoms. The molecule has 1 aromatic carbocycles. The Balaban J connectivity index is 1.70. The van der Waals surface area contributed by atoms with Gasteiger partial charge in [0.15, 0.2) is 0 Å². The standard InChI is InChI=1S/C13H17BrO/c14-12-8-4-10(5-9-12)2-1-3-13(15)11-6-7-11/h4-5,8-9,11,13,15H,1-3,6-7H2. The van der Waals surface area contributed by atoms with Crippen molar-refractivity contribution in [3.05, 3.63) is 34.3 Å². The zero-order valence-electron chi connectivity index (χ0n) is 8.82. The summed E-state index contributed by atoms with van der Waals surface area (Å²) < 4.78 is 1.13. The Bertz CT molecular complexity index is 303. The molecule has 2 heteroatoms. The van der Waals surface area contributed by atoms with E-state index in [0.717, 1.165) is 23.7 Å². The zero-order chi connectivity index (χ0) is 10.7. The van der Waals surface area contributed by atoms with Crippen LogP contribution in [0, 0.1) is 5.92 Å². The third-order valence-corrected chi connectivity index (χ3v) is 3.57. The summed E-state index contributed by atoms with van der Waals surface area (Å²) in [6.45, 7) is 0. The molecule has 1 fully saturated rings. The summed E-state index contributed by atoms with van der Waals surface area (Å²) in [5.74, 6) is 0.620. The van der Waals surface area contributed by atoms with Crippen molar-refractivity contribution in [1.29, 1.82) is 0 Å². The Morgan fingerprint density at radius 1 is 1.27 bits per heavy atom. The third kappa shape index (κ3) is 3.62. The van der Waals surface area contributed by atoms with Gasteiger partial charge in [-0.05, 0) is 55.7 Å². The summed E-state index contributed by atoms with van der Waals surface area (Å²) in [7, 11) is 0. The minimum Gasteiger partial charge on any atom is -0.393 e. The molecule has 1 N–H and O–H groups in total. The first-order valence-corrected chi connectivity index (χ1v) is 6.47. The largest absolute Gasteiger partial charge is 0.393 e. The van der Waals surface area contributed by atoms with Crippen LogP contribution in [0.25, 0.3) is 0 Å². The predicted octanol–water partition coefficient (Wildman–Crippen LogP) is 3.54. The lowest BCUT2D eigenvalue weighted by atomic mass is 10.0. The molecule has 1 saturated carbocycles. The van der Waals surface area contributed by atoms with Crippen LogP contribution in [0.2, 0.25) is 0 Å². The van der Waals surface area contributed by atoms with Gasteiger partial charge in [-0.15, -0.1) is 0 Å². The van der Waals surface area contributed by atoms with E-state index in [2.05, 4.69) is 40.2 Å². The number of hydrogen-bond acceptors (Lipinski definition) is 1. The molecule has 1 atom stereocenters. The lowest BCUT2D eigenvalue weighted by molar-refractivity contribution is 0.139. The van der Waals surface area contributed by atoms with Gasteiger partial charge in [-0.3, -0.25) is 0 Å². The van der Waals surface area contributed by atoms with Crippen LogP contribution >= 0.6 is 15.9 Å². The average molecular weight is 269 g/mol. The lowest BCUT2D eigenvalue weighted by Gasteiger charge is -2.08. The molecule has 0 radical (unpaired) electrons. The maximum Gasteiger partial charge on any atom is 0.0568 e. The smallest absolute Gasteiger partial charge is 0.0568 e. The number of aliphatic hydroxyl groups excluding tert-OH is 1. The predicted molar refractivity (Wildman–Crippen MR) is 65.8 cm³/mol. The normalized spacial score (nSPS) is 17.7. The van der Waals surface area contributed by atoms with Gasteiger partial charge >= 0.3 is 0 Å². The van der Waals surface area contributed by atoms with Gasteiger partial charge in [0.2, 0.25) is 0 Å². The van der Waals surface area contributed by atoms with Gasteiger partial charge in [0.05, 0.1) is 6.10 Å². The molecular weight excluding hydrogens is 252 g/mol. The third-order valence-electron chi connectivity index (χ3n) is 3.04. The molecule has 0 spiro atoms. The van der Waals surface area contributed by atoms with Crippen molar-refractivity contribution >= 4 is 15.9 Å². The Kier molecular flexibility index (Phi) is 3.81. The van der Waals surface area contributed by atoms with Crippen LogP contribution in [0.5, 0.6) is 0 Å². The molecule has 1 aliphatic carbocycles. The van der Waals surface area contributed by atoms with E-state index >= 15 is 0 Å². The van der Waals surface area contributed by atoms with E-state index in [1.165, 1.54) is 18.4 Å². The van der Waals surface area contributed by atoms with E-state index < -0.39 is 0 Å². The Morgan fingerprint density at radius 3 is 2.53 bits per heavy atom. The molecule has 1 aromatic rings. The molecule has 82 valence electrons. The van der Waals surface area contributed by atoms with Gasteiger partial charge in [-0.2, -0.15) is 0 Å². The van der Waals surface area contributed by atoms with Crippen LogP contribution in [0.15, 0.2) is 28.7 Å². The number of hydrogen-bond donors (Lipinski definition) is 1. The Morgan fingerprint density at radius 2 is 1.93 bits per heavy atom. The van der Waals surface area contributed by atoms with Crippen molar-refractivity contribution in [3.8, 4) is 0 Å². The first-order chi connectivity index (χ1) is 7.25. The molecule has 0 aliphatic heterocycles. The second-order valence-corrected chi connectivity index (χ2v) is 5.34. The van der Waals surface area contributed by atoms with E-state index in [1.807, 2.05) is 0 Å². The van der Waals surface area contributed by atoms with Crippen molar-refractivity contribution in [3.63, 3.8) is 0 Å². The summed E-state index contributed by atoms with van der Waals surface area (Å²) in [4.78, 5) is 0. The number of benzene rings is 1. The molecule has 1 unspecified atom stereocenters. The molecule has 0 aromatic heterocycles. The molecule has 1 aliphatic rings. The van der Waals surface area contributed by atoms with Crippen LogP contribution in [0.1, 0.15) is 31.2 Å². The van der Waals surface area contributed by atoms with E-state index in [-0.39, 0.29) is 6.10 Å². The van der Waals surface area contributed by atoms with Gasteiger partial charge in [-0.25, -0.2) is 0 Å². The number of aliphatic hydroxyl groups is 1. The lowest BCUT2D eigenvalue weighted by Crippen LogP contribution is -2.08. The summed E-state index contributed by atoms with van der Waals surface area (Å²) in [6.07, 6.45) is 5.57. The summed E-state index contributed by atoms with van der Waals surface area (Å²) in [5, 5.41) is 9.70. The van der Waals surface area contributed by atoms with Crippen molar-refractivity contribution in [2.45, 2.75) is 38.2 Å². The number of halogens is 1. The fourth-order valence-electron chi connectivity index (χ4n) is 1.88. The van der Waals surface area contributed by atoms with Gasteiger partial charge in [-0.1, -0.05) is 28.1 Å². The van der Waals surface area contributed by atoms with Gasteiger partial charge < -0.3 is 5.11 Å². The van der Waals surface area contributed by atoms with Gasteiger partial charge in [0.25, 0.3) is 0 Å². The summed E-state index contributed by atoms with van der Waals surface area (Å²) >= 11 is 3.42. The maximum absolute atomic E-state index is 9.70. The second kappa shape index (κ2) is 5.13. The van der Waals surface area contributed by atoms with Crippen LogP contribution in [-0.4, -0.2) is 11.2 Å². The van der Waals surface area contributed by atoms with Crippen molar-refractivity contribution in [1.82, 2.24) is 0 Å². The molecule has 0 heterocycles. The zero-order valence-corrected chi connectivity index (χ0v) is 10.4. The van der Waals surface area contributed by atoms with Crippen LogP contribution in [0.4, 0.5) is 0 Å². The fraction of sp³-hybridized carbons (Fsp3) is 0.538.